The molecule has 2 aromatic carbocycles. The van der Waals surface area contributed by atoms with Crippen LogP contribution in [0.3, 0.4) is 0 Å². The summed E-state index contributed by atoms with van der Waals surface area (Å²) in [6.45, 7) is 1.84. The van der Waals surface area contributed by atoms with Gasteiger partial charge < -0.3 is 20.1 Å². The maximum absolute atomic E-state index is 12.7. The Balaban J connectivity index is 1.82. The summed E-state index contributed by atoms with van der Waals surface area (Å²) in [5, 5.41) is 5.53. The number of aromatic nitrogens is 1. The number of nitrogens with one attached hydrogen (secondary N) is 2. The molecule has 3 aromatic rings. The summed E-state index contributed by atoms with van der Waals surface area (Å²) < 4.78 is 10.4. The summed E-state index contributed by atoms with van der Waals surface area (Å²) in [6, 6.07) is 17.0. The highest BCUT2D eigenvalue weighted by Gasteiger charge is 2.16. The second-order valence-electron chi connectivity index (χ2n) is 6.19. The van der Waals surface area contributed by atoms with Crippen LogP contribution in [0.4, 0.5) is 11.5 Å². The molecular weight excluding hydrogens is 370 g/mol. The molecule has 0 unspecified atom stereocenters. The van der Waals surface area contributed by atoms with Crippen molar-refractivity contribution in [3.8, 4) is 11.5 Å². The number of ether oxygens (including phenoxy) is 2. The number of amides is 2. The first-order chi connectivity index (χ1) is 14.0. The zero-order chi connectivity index (χ0) is 20.8. The van der Waals surface area contributed by atoms with Crippen LogP contribution in [0.15, 0.2) is 60.7 Å². The van der Waals surface area contributed by atoms with Crippen molar-refractivity contribution in [1.82, 2.24) is 4.98 Å². The van der Waals surface area contributed by atoms with E-state index in [4.69, 9.17) is 9.47 Å². The van der Waals surface area contributed by atoms with Crippen LogP contribution in [-0.2, 0) is 0 Å². The van der Waals surface area contributed by atoms with Gasteiger partial charge in [0.05, 0.1) is 25.5 Å². The molecule has 0 radical (unpaired) electrons. The van der Waals surface area contributed by atoms with Gasteiger partial charge in [0.2, 0.25) is 0 Å². The maximum atomic E-state index is 12.7. The van der Waals surface area contributed by atoms with Gasteiger partial charge in [-0.15, -0.1) is 0 Å². The zero-order valence-corrected chi connectivity index (χ0v) is 16.4. The Kier molecular flexibility index (Phi) is 6.09. The summed E-state index contributed by atoms with van der Waals surface area (Å²) in [5.41, 5.74) is 1.87. The minimum absolute atomic E-state index is 0.324. The molecule has 0 atom stereocenters. The van der Waals surface area contributed by atoms with Gasteiger partial charge in [0, 0.05) is 11.3 Å². The fraction of sp³-hybridized carbons (Fsp3) is 0.136. The SMILES string of the molecule is COc1ccc(C(=O)Nc2ccccc2C(=O)Nc2cccc(C)n2)cc1OC. The molecule has 7 heteroatoms. The third-order valence-corrected chi connectivity index (χ3v) is 4.20. The van der Waals surface area contributed by atoms with E-state index < -0.39 is 0 Å². The normalized spacial score (nSPS) is 10.2. The predicted molar refractivity (Wildman–Crippen MR) is 111 cm³/mol. The molecule has 0 aliphatic heterocycles. The Morgan fingerprint density at radius 1 is 0.828 bits per heavy atom. The number of aryl methyl sites for hydroxylation is 1. The molecule has 7 nitrogen and oxygen atoms in total. The van der Waals surface area contributed by atoms with Crippen LogP contribution in [0, 0.1) is 6.92 Å². The Hall–Kier alpha value is -3.87. The van der Waals surface area contributed by atoms with Crippen LogP contribution >= 0.6 is 0 Å². The second kappa shape index (κ2) is 8.88. The molecule has 0 fully saturated rings. The molecule has 0 saturated carbocycles. The molecule has 0 saturated heterocycles. The van der Waals surface area contributed by atoms with Gasteiger partial charge in [-0.05, 0) is 49.4 Å². The van der Waals surface area contributed by atoms with E-state index in [0.717, 1.165) is 5.69 Å². The van der Waals surface area contributed by atoms with Crippen molar-refractivity contribution in [3.05, 3.63) is 77.5 Å². The van der Waals surface area contributed by atoms with Crippen molar-refractivity contribution < 1.29 is 19.1 Å². The zero-order valence-electron chi connectivity index (χ0n) is 16.4. The topological polar surface area (TPSA) is 89.5 Å². The Morgan fingerprint density at radius 3 is 2.31 bits per heavy atom. The first-order valence-corrected chi connectivity index (χ1v) is 8.89. The number of carbonyl (C=O) groups is 2. The van der Waals surface area contributed by atoms with Gasteiger partial charge in [0.15, 0.2) is 11.5 Å². The number of benzene rings is 2. The average molecular weight is 391 g/mol. The summed E-state index contributed by atoms with van der Waals surface area (Å²) in [6.07, 6.45) is 0. The highest BCUT2D eigenvalue weighted by atomic mass is 16.5. The third-order valence-electron chi connectivity index (χ3n) is 4.20. The lowest BCUT2D eigenvalue weighted by Gasteiger charge is -2.13. The molecule has 29 heavy (non-hydrogen) atoms. The number of methoxy groups -OCH3 is 2. The van der Waals surface area contributed by atoms with E-state index in [1.165, 1.54) is 14.2 Å². The number of hydrogen-bond donors (Lipinski definition) is 2. The second-order valence-corrected chi connectivity index (χ2v) is 6.19. The lowest BCUT2D eigenvalue weighted by Crippen LogP contribution is -2.18. The standard InChI is InChI=1S/C22H21N3O4/c1-14-7-6-10-20(23-14)25-22(27)16-8-4-5-9-17(16)24-21(26)15-11-12-18(28-2)19(13-15)29-3/h4-13H,1-3H3,(H,24,26)(H,23,25,27). The van der Waals surface area contributed by atoms with Gasteiger partial charge in [-0.25, -0.2) is 4.98 Å². The van der Waals surface area contributed by atoms with Gasteiger partial charge in [-0.3, -0.25) is 9.59 Å². The van der Waals surface area contributed by atoms with Gasteiger partial charge in [-0.2, -0.15) is 0 Å². The van der Waals surface area contributed by atoms with Gasteiger partial charge >= 0.3 is 0 Å². The molecule has 1 heterocycles. The minimum Gasteiger partial charge on any atom is -0.493 e. The van der Waals surface area contributed by atoms with Gasteiger partial charge in [-0.1, -0.05) is 18.2 Å². The number of hydrogen-bond acceptors (Lipinski definition) is 5. The molecule has 2 N–H and O–H groups in total. The van der Waals surface area contributed by atoms with Gasteiger partial charge in [0.25, 0.3) is 11.8 Å². The Labute approximate surface area is 168 Å². The van der Waals surface area contributed by atoms with Gasteiger partial charge in [0.1, 0.15) is 5.82 Å². The fourth-order valence-corrected chi connectivity index (χ4v) is 2.76. The number of nitrogens with zero attached hydrogens (tertiary/aromatic N) is 1. The van der Waals surface area contributed by atoms with E-state index in [1.807, 2.05) is 19.1 Å². The quantitative estimate of drug-likeness (QED) is 0.665. The maximum Gasteiger partial charge on any atom is 0.258 e. The lowest BCUT2D eigenvalue weighted by atomic mass is 10.1. The van der Waals surface area contributed by atoms with Crippen LogP contribution < -0.4 is 20.1 Å². The largest absolute Gasteiger partial charge is 0.493 e. The first kappa shape index (κ1) is 19.9. The van der Waals surface area contributed by atoms with E-state index in [9.17, 15) is 9.59 Å². The van der Waals surface area contributed by atoms with Crippen molar-refractivity contribution in [3.63, 3.8) is 0 Å². The molecule has 0 bridgehead atoms. The predicted octanol–water partition coefficient (Wildman–Crippen LogP) is 3.91. The van der Waals surface area contributed by atoms with Crippen molar-refractivity contribution in [2.75, 3.05) is 24.9 Å². The van der Waals surface area contributed by atoms with Crippen LogP contribution in [-0.4, -0.2) is 31.0 Å². The molecule has 148 valence electrons. The van der Waals surface area contributed by atoms with E-state index >= 15 is 0 Å². The molecule has 0 aliphatic carbocycles. The number of anilines is 2. The highest BCUT2D eigenvalue weighted by molar-refractivity contribution is 6.12. The summed E-state index contributed by atoms with van der Waals surface area (Å²) in [4.78, 5) is 29.7. The van der Waals surface area contributed by atoms with E-state index in [2.05, 4.69) is 15.6 Å². The van der Waals surface area contributed by atoms with E-state index in [1.54, 1.807) is 48.5 Å². The first-order valence-electron chi connectivity index (χ1n) is 8.89. The number of carbonyl (C=O) groups excluding carboxylic acids is 2. The van der Waals surface area contributed by atoms with E-state index in [0.29, 0.717) is 34.1 Å². The molecular formula is C22H21N3O4. The molecule has 1 aromatic heterocycles. The lowest BCUT2D eigenvalue weighted by molar-refractivity contribution is 0.102. The summed E-state index contributed by atoms with van der Waals surface area (Å²) in [7, 11) is 3.02. The molecule has 0 spiro atoms. The minimum atomic E-state index is -0.375. The van der Waals surface area contributed by atoms with Crippen molar-refractivity contribution in [1.29, 1.82) is 0 Å². The number of para-hydroxylation sites is 1. The van der Waals surface area contributed by atoms with Crippen molar-refractivity contribution in [2.45, 2.75) is 6.92 Å². The van der Waals surface area contributed by atoms with Crippen LogP contribution in [0.25, 0.3) is 0 Å². The van der Waals surface area contributed by atoms with Crippen molar-refractivity contribution in [2.24, 2.45) is 0 Å². The monoisotopic (exact) mass is 391 g/mol. The molecule has 3 rings (SSSR count). The summed E-state index contributed by atoms with van der Waals surface area (Å²) >= 11 is 0. The molecule has 0 aliphatic rings. The van der Waals surface area contributed by atoms with E-state index in [-0.39, 0.29) is 11.8 Å². The van der Waals surface area contributed by atoms with Crippen LogP contribution in [0.5, 0.6) is 11.5 Å². The highest BCUT2D eigenvalue weighted by Crippen LogP contribution is 2.28. The van der Waals surface area contributed by atoms with Crippen LogP contribution in [0.1, 0.15) is 26.4 Å². The summed E-state index contributed by atoms with van der Waals surface area (Å²) in [5.74, 6) is 0.661. The number of rotatable bonds is 6. The molecule has 2 amide bonds. The Bertz CT molecular complexity index is 1050. The number of pyridine rings is 1. The van der Waals surface area contributed by atoms with Crippen LogP contribution in [0.2, 0.25) is 0 Å². The average Bonchev–Trinajstić information content (AvgIpc) is 2.73. The third kappa shape index (κ3) is 4.70. The Morgan fingerprint density at radius 2 is 1.59 bits per heavy atom. The smallest absolute Gasteiger partial charge is 0.258 e. The fourth-order valence-electron chi connectivity index (χ4n) is 2.76. The van der Waals surface area contributed by atoms with Crippen molar-refractivity contribution >= 4 is 23.3 Å².